The molecular weight excluding hydrogens is 251 g/mol. The SMILES string of the molecule is Cc1ccnc(C=C(CN)B2OC(C)(C)C(C)(C)O2)c1. The molecule has 2 heterocycles. The monoisotopic (exact) mass is 274 g/mol. The molecule has 1 aromatic heterocycles. The van der Waals surface area contributed by atoms with Gasteiger partial charge in [0.25, 0.3) is 0 Å². The van der Waals surface area contributed by atoms with E-state index in [1.165, 1.54) is 0 Å². The van der Waals surface area contributed by atoms with E-state index in [2.05, 4.69) is 4.98 Å². The third-order valence-corrected chi connectivity index (χ3v) is 4.06. The number of aryl methyl sites for hydroxylation is 1. The van der Waals surface area contributed by atoms with Gasteiger partial charge in [-0.05, 0) is 63.9 Å². The van der Waals surface area contributed by atoms with Gasteiger partial charge in [-0.1, -0.05) is 0 Å². The van der Waals surface area contributed by atoms with Crippen molar-refractivity contribution < 1.29 is 9.31 Å². The van der Waals surface area contributed by atoms with Crippen molar-refractivity contribution in [1.82, 2.24) is 4.98 Å². The third kappa shape index (κ3) is 2.95. The maximum absolute atomic E-state index is 6.02. The summed E-state index contributed by atoms with van der Waals surface area (Å²) in [6.07, 6.45) is 3.74. The summed E-state index contributed by atoms with van der Waals surface area (Å²) in [7, 11) is -0.410. The summed E-state index contributed by atoms with van der Waals surface area (Å²) in [6, 6.07) is 3.98. The molecular formula is C15H23BN2O2. The van der Waals surface area contributed by atoms with Crippen molar-refractivity contribution in [1.29, 1.82) is 0 Å². The van der Waals surface area contributed by atoms with Gasteiger partial charge in [0.2, 0.25) is 0 Å². The van der Waals surface area contributed by atoms with Crippen molar-refractivity contribution in [3.63, 3.8) is 0 Å². The molecule has 1 aliphatic heterocycles. The van der Waals surface area contributed by atoms with Crippen molar-refractivity contribution in [2.45, 2.75) is 45.8 Å². The average molecular weight is 274 g/mol. The predicted octanol–water partition coefficient (Wildman–Crippen LogP) is 2.36. The lowest BCUT2D eigenvalue weighted by Crippen LogP contribution is -2.41. The zero-order valence-electron chi connectivity index (χ0n) is 12.9. The minimum Gasteiger partial charge on any atom is -0.400 e. The first-order valence-electron chi connectivity index (χ1n) is 6.94. The van der Waals surface area contributed by atoms with Gasteiger partial charge in [0, 0.05) is 12.7 Å². The van der Waals surface area contributed by atoms with E-state index < -0.39 is 7.12 Å². The van der Waals surface area contributed by atoms with Crippen molar-refractivity contribution in [2.75, 3.05) is 6.54 Å². The van der Waals surface area contributed by atoms with Gasteiger partial charge in [0.05, 0.1) is 16.9 Å². The molecule has 0 saturated carbocycles. The first-order valence-corrected chi connectivity index (χ1v) is 6.94. The molecule has 1 fully saturated rings. The van der Waals surface area contributed by atoms with Crippen LogP contribution in [0.2, 0.25) is 0 Å². The van der Waals surface area contributed by atoms with Gasteiger partial charge in [-0.2, -0.15) is 0 Å². The smallest absolute Gasteiger partial charge is 0.400 e. The lowest BCUT2D eigenvalue weighted by molar-refractivity contribution is 0.00578. The Morgan fingerprint density at radius 2 is 1.90 bits per heavy atom. The first kappa shape index (κ1) is 15.2. The second kappa shape index (κ2) is 5.32. The highest BCUT2D eigenvalue weighted by molar-refractivity contribution is 6.55. The van der Waals surface area contributed by atoms with Crippen LogP contribution in [0.5, 0.6) is 0 Å². The zero-order chi connectivity index (χ0) is 15.0. The Balaban J connectivity index is 2.26. The number of nitrogens with two attached hydrogens (primary N) is 1. The molecule has 1 saturated heterocycles. The van der Waals surface area contributed by atoms with Crippen LogP contribution in [-0.2, 0) is 9.31 Å². The highest BCUT2D eigenvalue weighted by Gasteiger charge is 2.52. The second-order valence-electron chi connectivity index (χ2n) is 6.27. The van der Waals surface area contributed by atoms with Gasteiger partial charge in [0.15, 0.2) is 0 Å². The molecule has 5 heteroatoms. The topological polar surface area (TPSA) is 57.4 Å². The van der Waals surface area contributed by atoms with Gasteiger partial charge in [0.1, 0.15) is 0 Å². The number of hydrogen-bond donors (Lipinski definition) is 1. The van der Waals surface area contributed by atoms with E-state index in [1.807, 2.05) is 52.8 Å². The quantitative estimate of drug-likeness (QED) is 0.860. The van der Waals surface area contributed by atoms with Crippen LogP contribution in [0, 0.1) is 6.92 Å². The molecule has 0 atom stereocenters. The van der Waals surface area contributed by atoms with Gasteiger partial charge in [-0.3, -0.25) is 4.98 Å². The molecule has 0 aliphatic carbocycles. The lowest BCUT2D eigenvalue weighted by atomic mass is 9.77. The van der Waals surface area contributed by atoms with Crippen molar-refractivity contribution in [3.8, 4) is 0 Å². The molecule has 2 N–H and O–H groups in total. The fourth-order valence-corrected chi connectivity index (χ4v) is 2.05. The van der Waals surface area contributed by atoms with Gasteiger partial charge < -0.3 is 15.0 Å². The highest BCUT2D eigenvalue weighted by Crippen LogP contribution is 2.38. The Hall–Kier alpha value is -1.17. The summed E-state index contributed by atoms with van der Waals surface area (Å²) in [6.45, 7) is 10.6. The molecule has 0 aromatic carbocycles. The second-order valence-corrected chi connectivity index (χ2v) is 6.27. The van der Waals surface area contributed by atoms with Gasteiger partial charge >= 0.3 is 7.12 Å². The van der Waals surface area contributed by atoms with E-state index >= 15 is 0 Å². The number of rotatable bonds is 3. The molecule has 0 spiro atoms. The normalized spacial score (nSPS) is 21.3. The van der Waals surface area contributed by atoms with Gasteiger partial charge in [-0.25, -0.2) is 0 Å². The van der Waals surface area contributed by atoms with E-state index in [0.29, 0.717) is 6.54 Å². The van der Waals surface area contributed by atoms with Crippen LogP contribution in [0.1, 0.15) is 39.0 Å². The maximum Gasteiger partial charge on any atom is 0.491 e. The largest absolute Gasteiger partial charge is 0.491 e. The van der Waals surface area contributed by atoms with Crippen LogP contribution < -0.4 is 5.73 Å². The Kier molecular flexibility index (Phi) is 4.05. The summed E-state index contributed by atoms with van der Waals surface area (Å²) in [4.78, 5) is 4.33. The Morgan fingerprint density at radius 3 is 2.40 bits per heavy atom. The number of nitrogens with zero attached hydrogens (tertiary/aromatic N) is 1. The molecule has 0 bridgehead atoms. The van der Waals surface area contributed by atoms with Gasteiger partial charge in [-0.15, -0.1) is 0 Å². The average Bonchev–Trinajstić information content (AvgIpc) is 2.55. The van der Waals surface area contributed by atoms with Crippen LogP contribution >= 0.6 is 0 Å². The number of pyridine rings is 1. The molecule has 20 heavy (non-hydrogen) atoms. The number of hydrogen-bond acceptors (Lipinski definition) is 4. The Morgan fingerprint density at radius 1 is 1.30 bits per heavy atom. The van der Waals surface area contributed by atoms with Crippen LogP contribution in [0.15, 0.2) is 23.8 Å². The standard InChI is InChI=1S/C15H23BN2O2/c1-11-6-7-18-13(8-11)9-12(10-17)16-19-14(2,3)15(4,5)20-16/h6-9H,10,17H2,1-5H3. The van der Waals surface area contributed by atoms with Crippen LogP contribution in [0.4, 0.5) is 0 Å². The zero-order valence-corrected chi connectivity index (χ0v) is 12.9. The van der Waals surface area contributed by atoms with Crippen LogP contribution in [0.25, 0.3) is 6.08 Å². The van der Waals surface area contributed by atoms with Crippen molar-refractivity contribution >= 4 is 13.2 Å². The molecule has 0 unspecified atom stereocenters. The van der Waals surface area contributed by atoms with Crippen LogP contribution in [-0.4, -0.2) is 29.8 Å². The molecule has 1 aliphatic rings. The van der Waals surface area contributed by atoms with Crippen LogP contribution in [0.3, 0.4) is 0 Å². The highest BCUT2D eigenvalue weighted by atomic mass is 16.7. The van der Waals surface area contributed by atoms with Crippen molar-refractivity contribution in [3.05, 3.63) is 35.1 Å². The summed E-state index contributed by atoms with van der Waals surface area (Å²) in [5.41, 5.74) is 8.09. The van der Waals surface area contributed by atoms with E-state index in [-0.39, 0.29) is 11.2 Å². The first-order chi connectivity index (χ1) is 9.25. The minimum absolute atomic E-state index is 0.355. The molecule has 0 amide bonds. The molecule has 4 nitrogen and oxygen atoms in total. The number of aromatic nitrogens is 1. The minimum atomic E-state index is -0.410. The van der Waals surface area contributed by atoms with E-state index in [1.54, 1.807) is 6.20 Å². The molecule has 0 radical (unpaired) electrons. The maximum atomic E-state index is 6.02. The summed E-state index contributed by atoms with van der Waals surface area (Å²) < 4.78 is 12.0. The fourth-order valence-electron chi connectivity index (χ4n) is 2.05. The summed E-state index contributed by atoms with van der Waals surface area (Å²) in [5.74, 6) is 0. The Bertz CT molecular complexity index is 510. The lowest BCUT2D eigenvalue weighted by Gasteiger charge is -2.32. The molecule has 1 aromatic rings. The molecule has 108 valence electrons. The summed E-state index contributed by atoms with van der Waals surface area (Å²) >= 11 is 0. The predicted molar refractivity (Wildman–Crippen MR) is 82.1 cm³/mol. The summed E-state index contributed by atoms with van der Waals surface area (Å²) in [5, 5.41) is 0. The van der Waals surface area contributed by atoms with Crippen molar-refractivity contribution in [2.24, 2.45) is 5.73 Å². The Labute approximate surface area is 121 Å². The third-order valence-electron chi connectivity index (χ3n) is 4.06. The van der Waals surface area contributed by atoms with E-state index in [0.717, 1.165) is 16.7 Å². The van der Waals surface area contributed by atoms with E-state index in [4.69, 9.17) is 15.0 Å². The van der Waals surface area contributed by atoms with E-state index in [9.17, 15) is 0 Å². The molecule has 2 rings (SSSR count). The fraction of sp³-hybridized carbons (Fsp3) is 0.533.